The van der Waals surface area contributed by atoms with E-state index in [1.165, 1.54) is 7.11 Å². The molecule has 2 aromatic carbocycles. The van der Waals surface area contributed by atoms with Gasteiger partial charge in [0.25, 0.3) is 11.8 Å². The molecule has 0 radical (unpaired) electrons. The summed E-state index contributed by atoms with van der Waals surface area (Å²) >= 11 is 0. The third-order valence-electron chi connectivity index (χ3n) is 3.99. The summed E-state index contributed by atoms with van der Waals surface area (Å²) in [6.45, 7) is 1.90. The summed E-state index contributed by atoms with van der Waals surface area (Å²) in [5, 5.41) is 2.77. The van der Waals surface area contributed by atoms with Gasteiger partial charge in [-0.2, -0.15) is 0 Å². The van der Waals surface area contributed by atoms with Crippen molar-refractivity contribution in [2.45, 2.75) is 19.8 Å². The maximum atomic E-state index is 12.7. The average Bonchev–Trinajstić information content (AvgIpc) is 2.87. The van der Waals surface area contributed by atoms with Gasteiger partial charge in [0, 0.05) is 12.5 Å². The van der Waals surface area contributed by atoms with Crippen LogP contribution in [0.5, 0.6) is 5.75 Å². The van der Waals surface area contributed by atoms with Crippen molar-refractivity contribution in [3.8, 4) is 5.75 Å². The van der Waals surface area contributed by atoms with Crippen molar-refractivity contribution in [2.24, 2.45) is 0 Å². The molecule has 0 unspecified atom stereocenters. The molecule has 0 saturated heterocycles. The number of anilines is 2. The number of ether oxygens (including phenoxy) is 1. The van der Waals surface area contributed by atoms with Crippen molar-refractivity contribution in [2.75, 3.05) is 17.3 Å². The van der Waals surface area contributed by atoms with Crippen molar-refractivity contribution in [3.63, 3.8) is 0 Å². The SMILES string of the molecule is CCCC(=O)Nc1ccc(OC)cc1N1C(=O)c2ccccc2C1=O. The zero-order chi connectivity index (χ0) is 18.0. The largest absolute Gasteiger partial charge is 0.497 e. The lowest BCUT2D eigenvalue weighted by molar-refractivity contribution is -0.116. The van der Waals surface area contributed by atoms with Crippen LogP contribution in [-0.2, 0) is 4.79 Å². The van der Waals surface area contributed by atoms with E-state index >= 15 is 0 Å². The number of hydrogen-bond acceptors (Lipinski definition) is 4. The van der Waals surface area contributed by atoms with Crippen LogP contribution in [0.3, 0.4) is 0 Å². The van der Waals surface area contributed by atoms with Crippen molar-refractivity contribution in [1.82, 2.24) is 0 Å². The normalized spacial score (nSPS) is 13.0. The molecule has 128 valence electrons. The van der Waals surface area contributed by atoms with E-state index in [0.29, 0.717) is 41.1 Å². The summed E-state index contributed by atoms with van der Waals surface area (Å²) < 4.78 is 5.21. The molecule has 0 aliphatic carbocycles. The minimum atomic E-state index is -0.417. The summed E-state index contributed by atoms with van der Waals surface area (Å²) in [6, 6.07) is 11.5. The van der Waals surface area contributed by atoms with Gasteiger partial charge in [-0.15, -0.1) is 0 Å². The van der Waals surface area contributed by atoms with Crippen molar-refractivity contribution >= 4 is 29.1 Å². The number of benzene rings is 2. The van der Waals surface area contributed by atoms with Crippen molar-refractivity contribution in [1.29, 1.82) is 0 Å². The molecule has 1 aliphatic heterocycles. The Morgan fingerprint density at radius 1 is 1.08 bits per heavy atom. The first-order chi connectivity index (χ1) is 12.1. The fraction of sp³-hybridized carbons (Fsp3) is 0.211. The molecule has 2 aromatic rings. The van der Waals surface area contributed by atoms with Crippen LogP contribution in [0.15, 0.2) is 42.5 Å². The van der Waals surface area contributed by atoms with Crippen LogP contribution >= 0.6 is 0 Å². The number of fused-ring (bicyclic) bond motifs is 1. The number of carbonyl (C=O) groups excluding carboxylic acids is 3. The standard InChI is InChI=1S/C19H18N2O4/c1-3-6-17(22)20-15-10-9-12(25-2)11-16(15)21-18(23)13-7-4-5-8-14(13)19(21)24/h4-5,7-11H,3,6H2,1-2H3,(H,20,22). The van der Waals surface area contributed by atoms with Gasteiger partial charge in [0.1, 0.15) is 5.75 Å². The Hall–Kier alpha value is -3.15. The van der Waals surface area contributed by atoms with Gasteiger partial charge < -0.3 is 10.1 Å². The molecule has 0 spiro atoms. The number of imide groups is 1. The lowest BCUT2D eigenvalue weighted by Gasteiger charge is -2.19. The van der Waals surface area contributed by atoms with Crippen LogP contribution in [0, 0.1) is 0 Å². The van der Waals surface area contributed by atoms with E-state index in [0.717, 1.165) is 4.90 Å². The minimum absolute atomic E-state index is 0.175. The molecule has 0 saturated carbocycles. The van der Waals surface area contributed by atoms with Crippen LogP contribution in [-0.4, -0.2) is 24.8 Å². The third kappa shape index (κ3) is 2.98. The topological polar surface area (TPSA) is 75.7 Å². The predicted molar refractivity (Wildman–Crippen MR) is 94.1 cm³/mol. The van der Waals surface area contributed by atoms with Crippen LogP contribution in [0.25, 0.3) is 0 Å². The fourth-order valence-electron chi connectivity index (χ4n) is 2.78. The highest BCUT2D eigenvalue weighted by Gasteiger charge is 2.37. The Morgan fingerprint density at radius 2 is 1.72 bits per heavy atom. The molecule has 6 nitrogen and oxygen atoms in total. The molecular weight excluding hydrogens is 320 g/mol. The van der Waals surface area contributed by atoms with E-state index in [-0.39, 0.29) is 5.91 Å². The monoisotopic (exact) mass is 338 g/mol. The Morgan fingerprint density at radius 3 is 2.28 bits per heavy atom. The molecule has 25 heavy (non-hydrogen) atoms. The Bertz CT molecular complexity index is 825. The lowest BCUT2D eigenvalue weighted by Crippen LogP contribution is -2.30. The summed E-state index contributed by atoms with van der Waals surface area (Å²) in [5.74, 6) is -0.523. The quantitative estimate of drug-likeness (QED) is 0.849. The number of methoxy groups -OCH3 is 1. The zero-order valence-electron chi connectivity index (χ0n) is 14.0. The Kier molecular flexibility index (Phi) is 4.52. The van der Waals surface area contributed by atoms with Gasteiger partial charge in [0.05, 0.1) is 29.6 Å². The van der Waals surface area contributed by atoms with Crippen LogP contribution < -0.4 is 15.0 Å². The van der Waals surface area contributed by atoms with Gasteiger partial charge in [-0.05, 0) is 30.7 Å². The number of hydrogen-bond donors (Lipinski definition) is 1. The van der Waals surface area contributed by atoms with E-state index in [1.807, 2.05) is 6.92 Å². The van der Waals surface area contributed by atoms with E-state index in [4.69, 9.17) is 4.74 Å². The van der Waals surface area contributed by atoms with Crippen molar-refractivity contribution < 1.29 is 19.1 Å². The average molecular weight is 338 g/mol. The minimum Gasteiger partial charge on any atom is -0.497 e. The van der Waals surface area contributed by atoms with Gasteiger partial charge in [0.15, 0.2) is 0 Å². The van der Waals surface area contributed by atoms with E-state index in [9.17, 15) is 14.4 Å². The molecule has 3 rings (SSSR count). The molecule has 0 fully saturated rings. The molecule has 0 bridgehead atoms. The van der Waals surface area contributed by atoms with E-state index in [2.05, 4.69) is 5.32 Å². The molecular formula is C19H18N2O4. The first-order valence-electron chi connectivity index (χ1n) is 8.02. The molecule has 1 N–H and O–H groups in total. The smallest absolute Gasteiger partial charge is 0.266 e. The summed E-state index contributed by atoms with van der Waals surface area (Å²) in [6.07, 6.45) is 1.05. The zero-order valence-corrected chi connectivity index (χ0v) is 14.0. The Balaban J connectivity index is 2.05. The van der Waals surface area contributed by atoms with Crippen LogP contribution in [0.2, 0.25) is 0 Å². The highest BCUT2D eigenvalue weighted by atomic mass is 16.5. The van der Waals surface area contributed by atoms with Gasteiger partial charge in [-0.3, -0.25) is 14.4 Å². The van der Waals surface area contributed by atoms with Gasteiger partial charge >= 0.3 is 0 Å². The fourth-order valence-corrected chi connectivity index (χ4v) is 2.78. The molecule has 3 amide bonds. The summed E-state index contributed by atoms with van der Waals surface area (Å²) in [4.78, 5) is 38.5. The molecule has 0 atom stereocenters. The predicted octanol–water partition coefficient (Wildman–Crippen LogP) is 3.23. The Labute approximate surface area is 145 Å². The number of carbonyl (C=O) groups is 3. The molecule has 0 aromatic heterocycles. The lowest BCUT2D eigenvalue weighted by atomic mass is 10.1. The van der Waals surface area contributed by atoms with Crippen molar-refractivity contribution in [3.05, 3.63) is 53.6 Å². The third-order valence-corrected chi connectivity index (χ3v) is 3.99. The number of nitrogens with one attached hydrogen (secondary N) is 1. The first kappa shape index (κ1) is 16.7. The van der Waals surface area contributed by atoms with E-state index < -0.39 is 11.8 Å². The number of nitrogens with zero attached hydrogens (tertiary/aromatic N) is 1. The highest BCUT2D eigenvalue weighted by Crippen LogP contribution is 2.36. The number of rotatable bonds is 5. The van der Waals surface area contributed by atoms with Gasteiger partial charge in [0.2, 0.25) is 5.91 Å². The second-order valence-electron chi connectivity index (χ2n) is 5.67. The van der Waals surface area contributed by atoms with E-state index in [1.54, 1.807) is 42.5 Å². The molecule has 6 heteroatoms. The maximum Gasteiger partial charge on any atom is 0.266 e. The second-order valence-corrected chi connectivity index (χ2v) is 5.67. The molecule has 1 heterocycles. The highest BCUT2D eigenvalue weighted by molar-refractivity contribution is 6.35. The van der Waals surface area contributed by atoms with Gasteiger partial charge in [-0.25, -0.2) is 4.90 Å². The maximum absolute atomic E-state index is 12.7. The summed E-state index contributed by atoms with van der Waals surface area (Å²) in [5.41, 5.74) is 1.39. The van der Waals surface area contributed by atoms with Crippen LogP contribution in [0.1, 0.15) is 40.5 Å². The second kappa shape index (κ2) is 6.76. The molecule has 1 aliphatic rings. The van der Waals surface area contributed by atoms with Crippen LogP contribution in [0.4, 0.5) is 11.4 Å². The summed E-state index contributed by atoms with van der Waals surface area (Å²) in [7, 11) is 1.50. The van der Waals surface area contributed by atoms with Gasteiger partial charge in [-0.1, -0.05) is 19.1 Å². The first-order valence-corrected chi connectivity index (χ1v) is 8.02. The number of amides is 3.